The van der Waals surface area contributed by atoms with Gasteiger partial charge in [0.25, 0.3) is 0 Å². The van der Waals surface area contributed by atoms with E-state index in [4.69, 9.17) is 4.74 Å². The Bertz CT molecular complexity index is 673. The number of benzene rings is 1. The number of anilines is 1. The van der Waals surface area contributed by atoms with Gasteiger partial charge in [-0.05, 0) is 44.9 Å². The van der Waals surface area contributed by atoms with E-state index >= 15 is 0 Å². The Balaban J connectivity index is 0.00000392. The van der Waals surface area contributed by atoms with Crippen LogP contribution in [0.25, 0.3) is 0 Å². The van der Waals surface area contributed by atoms with Crippen molar-refractivity contribution in [3.8, 4) is 0 Å². The molecule has 1 saturated heterocycles. The van der Waals surface area contributed by atoms with Gasteiger partial charge in [-0.3, -0.25) is 4.99 Å². The summed E-state index contributed by atoms with van der Waals surface area (Å²) in [6.07, 6.45) is 0.508. The largest absolute Gasteiger partial charge is 0.444 e. The molecule has 1 aliphatic heterocycles. The van der Waals surface area contributed by atoms with Crippen molar-refractivity contribution in [3.63, 3.8) is 0 Å². The monoisotopic (exact) mass is 503 g/mol. The highest BCUT2D eigenvalue weighted by Gasteiger charge is 2.27. The third-order valence-electron chi connectivity index (χ3n) is 4.30. The Hall–Kier alpha value is -1.71. The van der Waals surface area contributed by atoms with Crippen molar-refractivity contribution in [2.24, 2.45) is 4.99 Å². The number of rotatable bonds is 4. The van der Waals surface area contributed by atoms with Crippen molar-refractivity contribution in [1.29, 1.82) is 0 Å². The van der Waals surface area contributed by atoms with Gasteiger partial charge in [-0.15, -0.1) is 24.0 Å². The summed E-state index contributed by atoms with van der Waals surface area (Å²) in [5, 5.41) is 6.37. The predicted molar refractivity (Wildman–Crippen MR) is 126 cm³/mol. The van der Waals surface area contributed by atoms with E-state index in [1.807, 2.05) is 34.9 Å². The summed E-state index contributed by atoms with van der Waals surface area (Å²) in [6.45, 7) is 7.86. The van der Waals surface area contributed by atoms with Crippen molar-refractivity contribution >= 4 is 41.7 Å². The number of halogens is 1. The molecule has 1 amide bonds. The molecule has 0 saturated carbocycles. The first-order chi connectivity index (χ1) is 12.7. The summed E-state index contributed by atoms with van der Waals surface area (Å²) < 4.78 is 5.34. The normalized spacial score (nSPS) is 17.0. The second kappa shape index (κ2) is 10.7. The van der Waals surface area contributed by atoms with Gasteiger partial charge in [-0.1, -0.05) is 12.1 Å². The fourth-order valence-electron chi connectivity index (χ4n) is 3.00. The number of guanidine groups is 1. The molecule has 1 aromatic rings. The lowest BCUT2D eigenvalue weighted by atomic mass is 10.2. The van der Waals surface area contributed by atoms with E-state index in [0.717, 1.165) is 25.5 Å². The highest BCUT2D eigenvalue weighted by Crippen LogP contribution is 2.14. The van der Waals surface area contributed by atoms with Crippen molar-refractivity contribution < 1.29 is 9.53 Å². The number of alkyl carbamates (subject to hydrolysis) is 1. The molecule has 1 unspecified atom stereocenters. The van der Waals surface area contributed by atoms with Gasteiger partial charge in [0, 0.05) is 46.5 Å². The topological polar surface area (TPSA) is 69.2 Å². The van der Waals surface area contributed by atoms with E-state index in [1.165, 1.54) is 11.3 Å². The molecule has 2 N–H and O–H groups in total. The van der Waals surface area contributed by atoms with Crippen LogP contribution in [-0.2, 0) is 11.3 Å². The molecule has 0 spiro atoms. The molecular formula is C20H34IN5O2. The number of carbonyl (C=O) groups excluding carboxylic acids is 1. The van der Waals surface area contributed by atoms with Crippen LogP contribution in [0.3, 0.4) is 0 Å². The minimum absolute atomic E-state index is 0. The Morgan fingerprint density at radius 1 is 1.36 bits per heavy atom. The van der Waals surface area contributed by atoms with Crippen molar-refractivity contribution in [2.75, 3.05) is 39.1 Å². The fraction of sp³-hybridized carbons (Fsp3) is 0.600. The molecule has 1 fully saturated rings. The number of carbonyl (C=O) groups is 1. The van der Waals surface area contributed by atoms with E-state index in [9.17, 15) is 4.79 Å². The lowest BCUT2D eigenvalue weighted by molar-refractivity contribution is 0.0507. The predicted octanol–water partition coefficient (Wildman–Crippen LogP) is 3.05. The highest BCUT2D eigenvalue weighted by molar-refractivity contribution is 14.0. The quantitative estimate of drug-likeness (QED) is 0.376. The summed E-state index contributed by atoms with van der Waals surface area (Å²) in [7, 11) is 5.86. The highest BCUT2D eigenvalue weighted by atomic mass is 127. The number of amides is 1. The maximum Gasteiger partial charge on any atom is 0.407 e. The standard InChI is InChI=1S/C20H33N5O2.HI/c1-20(2,3)27-19(26)23-16-10-11-25(14-16)18(21-4)22-13-15-8-7-9-17(12-15)24(5)6;/h7-9,12,16H,10-11,13-14H2,1-6H3,(H,21,22)(H,23,26);1H. The lowest BCUT2D eigenvalue weighted by Gasteiger charge is -2.23. The zero-order valence-corrected chi connectivity index (χ0v) is 20.1. The molecular weight excluding hydrogens is 469 g/mol. The molecule has 1 atom stereocenters. The van der Waals surface area contributed by atoms with Gasteiger partial charge < -0.3 is 25.2 Å². The molecule has 0 bridgehead atoms. The number of ether oxygens (including phenoxy) is 1. The van der Waals surface area contributed by atoms with Crippen LogP contribution in [0, 0.1) is 0 Å². The molecule has 7 nitrogen and oxygen atoms in total. The molecule has 8 heteroatoms. The van der Waals surface area contributed by atoms with E-state index < -0.39 is 5.60 Å². The van der Waals surface area contributed by atoms with Gasteiger partial charge >= 0.3 is 6.09 Å². The Morgan fingerprint density at radius 2 is 2.07 bits per heavy atom. The summed E-state index contributed by atoms with van der Waals surface area (Å²) in [5.74, 6) is 0.846. The third-order valence-corrected chi connectivity index (χ3v) is 4.30. The van der Waals surface area contributed by atoms with Crippen LogP contribution in [0.5, 0.6) is 0 Å². The van der Waals surface area contributed by atoms with Gasteiger partial charge in [0.1, 0.15) is 5.60 Å². The molecule has 1 heterocycles. The maximum absolute atomic E-state index is 12.0. The summed E-state index contributed by atoms with van der Waals surface area (Å²) >= 11 is 0. The van der Waals surface area contributed by atoms with E-state index in [-0.39, 0.29) is 36.1 Å². The number of nitrogens with one attached hydrogen (secondary N) is 2. The van der Waals surface area contributed by atoms with Gasteiger partial charge in [0.15, 0.2) is 5.96 Å². The number of likely N-dealkylation sites (tertiary alicyclic amines) is 1. The number of nitrogens with zero attached hydrogens (tertiary/aromatic N) is 3. The maximum atomic E-state index is 12.0. The molecule has 0 radical (unpaired) electrons. The van der Waals surface area contributed by atoms with Gasteiger partial charge in [0.05, 0.1) is 6.04 Å². The number of hydrogen-bond donors (Lipinski definition) is 2. The molecule has 0 aliphatic carbocycles. The van der Waals surface area contributed by atoms with E-state index in [2.05, 4.69) is 49.7 Å². The van der Waals surface area contributed by atoms with Gasteiger partial charge in [-0.25, -0.2) is 4.79 Å². The molecule has 1 aromatic carbocycles. The van der Waals surface area contributed by atoms with E-state index in [0.29, 0.717) is 6.54 Å². The van der Waals surface area contributed by atoms with Crippen LogP contribution in [0.2, 0.25) is 0 Å². The SMILES string of the molecule is CN=C(NCc1cccc(N(C)C)c1)N1CCC(NC(=O)OC(C)(C)C)C1.I. The number of aliphatic imine (C=N–C) groups is 1. The molecule has 28 heavy (non-hydrogen) atoms. The van der Waals surface area contributed by atoms with Gasteiger partial charge in [0.2, 0.25) is 0 Å². The van der Waals surface area contributed by atoms with Crippen LogP contribution in [-0.4, -0.2) is 62.8 Å². The summed E-state index contributed by atoms with van der Waals surface area (Å²) in [6, 6.07) is 8.48. The zero-order valence-electron chi connectivity index (χ0n) is 17.8. The molecule has 158 valence electrons. The summed E-state index contributed by atoms with van der Waals surface area (Å²) in [5.41, 5.74) is 1.89. The summed E-state index contributed by atoms with van der Waals surface area (Å²) in [4.78, 5) is 20.6. The van der Waals surface area contributed by atoms with Crippen molar-refractivity contribution in [3.05, 3.63) is 29.8 Å². The Labute approximate surface area is 185 Å². The van der Waals surface area contributed by atoms with E-state index in [1.54, 1.807) is 7.05 Å². The zero-order chi connectivity index (χ0) is 20.0. The van der Waals surface area contributed by atoms with Crippen LogP contribution in [0.4, 0.5) is 10.5 Å². The molecule has 0 aromatic heterocycles. The minimum atomic E-state index is -0.485. The number of hydrogen-bond acceptors (Lipinski definition) is 4. The van der Waals surface area contributed by atoms with Crippen LogP contribution in [0.1, 0.15) is 32.8 Å². The molecule has 1 aliphatic rings. The first-order valence-corrected chi connectivity index (χ1v) is 9.39. The third kappa shape index (κ3) is 7.73. The van der Waals surface area contributed by atoms with Crippen LogP contribution >= 0.6 is 24.0 Å². The van der Waals surface area contributed by atoms with Crippen molar-refractivity contribution in [2.45, 2.75) is 45.4 Å². The lowest BCUT2D eigenvalue weighted by Crippen LogP contribution is -2.44. The van der Waals surface area contributed by atoms with Gasteiger partial charge in [-0.2, -0.15) is 0 Å². The minimum Gasteiger partial charge on any atom is -0.444 e. The second-order valence-electron chi connectivity index (χ2n) is 8.04. The van der Waals surface area contributed by atoms with Crippen LogP contribution < -0.4 is 15.5 Å². The van der Waals surface area contributed by atoms with Crippen molar-refractivity contribution in [1.82, 2.24) is 15.5 Å². The fourth-order valence-corrected chi connectivity index (χ4v) is 3.00. The first-order valence-electron chi connectivity index (χ1n) is 9.39. The average Bonchev–Trinajstić information content (AvgIpc) is 3.02. The Morgan fingerprint density at radius 3 is 2.68 bits per heavy atom. The average molecular weight is 503 g/mol. The first kappa shape index (κ1) is 24.3. The molecule has 2 rings (SSSR count). The van der Waals surface area contributed by atoms with Crippen LogP contribution in [0.15, 0.2) is 29.3 Å². The Kier molecular flexibility index (Phi) is 9.32. The second-order valence-corrected chi connectivity index (χ2v) is 8.04. The smallest absolute Gasteiger partial charge is 0.407 e.